The van der Waals surface area contributed by atoms with Crippen LogP contribution in [-0.4, -0.2) is 21.9 Å². The van der Waals surface area contributed by atoms with Crippen LogP contribution in [0.3, 0.4) is 0 Å². The molecule has 4 aromatic rings. The normalized spacial score (nSPS) is 10.9. The molecule has 4 nitrogen and oxygen atoms in total. The van der Waals surface area contributed by atoms with Gasteiger partial charge in [-0.05, 0) is 66.4 Å². The van der Waals surface area contributed by atoms with Crippen LogP contribution in [0.25, 0.3) is 22.0 Å². The van der Waals surface area contributed by atoms with Gasteiger partial charge >= 0.3 is 0 Å². The smallest absolute Gasteiger partial charge is 0.233 e. The van der Waals surface area contributed by atoms with Gasteiger partial charge in [-0.2, -0.15) is 0 Å². The van der Waals surface area contributed by atoms with E-state index in [1.807, 2.05) is 12.1 Å². The number of hydrogen-bond acceptors (Lipinski definition) is 4. The van der Waals surface area contributed by atoms with E-state index in [1.54, 1.807) is 18.2 Å². The summed E-state index contributed by atoms with van der Waals surface area (Å²) in [7, 11) is 0. The van der Waals surface area contributed by atoms with Gasteiger partial charge < -0.3 is 9.84 Å². The summed E-state index contributed by atoms with van der Waals surface area (Å²) < 4.78 is 6.97. The van der Waals surface area contributed by atoms with Crippen molar-refractivity contribution < 1.29 is 9.84 Å². The summed E-state index contributed by atoms with van der Waals surface area (Å²) in [6.07, 6.45) is 0.794. The van der Waals surface area contributed by atoms with Gasteiger partial charge in [-0.3, -0.25) is 0 Å². The number of phenolic OH excluding ortho intramolecular Hbond substituents is 1. The van der Waals surface area contributed by atoms with Gasteiger partial charge in [-0.15, -0.1) is 10.2 Å². The van der Waals surface area contributed by atoms with Gasteiger partial charge in [0, 0.05) is 18.1 Å². The topological polar surface area (TPSA) is 55.2 Å². The summed E-state index contributed by atoms with van der Waals surface area (Å²) in [5.74, 6) is 0.644. The average Bonchev–Trinajstić information content (AvgIpc) is 2.72. The monoisotopic (exact) mass is 498 g/mol. The lowest BCUT2D eigenvalue weighted by atomic mass is 10.0. The molecule has 4 rings (SSSR count). The number of fused-ring (bicyclic) bond motifs is 1. The Kier molecular flexibility index (Phi) is 5.59. The third-order valence-electron chi connectivity index (χ3n) is 4.45. The fourth-order valence-corrected chi connectivity index (χ4v) is 4.23. The molecule has 0 radical (unpaired) electrons. The molecule has 1 heterocycles. The molecular formula is C22H16Br2N2O2. The first kappa shape index (κ1) is 18.9. The fourth-order valence-electron chi connectivity index (χ4n) is 3.04. The molecule has 0 saturated carbocycles. The maximum atomic E-state index is 9.83. The van der Waals surface area contributed by atoms with Crippen LogP contribution in [-0.2, 0) is 6.42 Å². The van der Waals surface area contributed by atoms with E-state index in [1.165, 1.54) is 16.3 Å². The first-order valence-corrected chi connectivity index (χ1v) is 10.3. The number of nitrogens with zero attached hydrogens (tertiary/aromatic N) is 2. The van der Waals surface area contributed by atoms with Crippen molar-refractivity contribution in [2.75, 3.05) is 6.61 Å². The van der Waals surface area contributed by atoms with Crippen LogP contribution in [0.15, 0.2) is 75.7 Å². The van der Waals surface area contributed by atoms with E-state index >= 15 is 0 Å². The van der Waals surface area contributed by atoms with Crippen LogP contribution in [0.1, 0.15) is 5.56 Å². The van der Waals surface area contributed by atoms with E-state index in [0.717, 1.165) is 12.0 Å². The number of benzene rings is 3. The van der Waals surface area contributed by atoms with Crippen molar-refractivity contribution in [1.29, 1.82) is 0 Å². The molecule has 0 aliphatic heterocycles. The van der Waals surface area contributed by atoms with Gasteiger partial charge in [-0.25, -0.2) is 0 Å². The lowest BCUT2D eigenvalue weighted by Gasteiger charge is -2.09. The predicted octanol–water partition coefficient (Wildman–Crippen LogP) is 6.15. The van der Waals surface area contributed by atoms with Crippen molar-refractivity contribution in [3.8, 4) is 22.9 Å². The largest absolute Gasteiger partial charge is 0.506 e. The molecule has 6 heteroatoms. The van der Waals surface area contributed by atoms with Gasteiger partial charge in [0.15, 0.2) is 0 Å². The molecule has 3 aromatic carbocycles. The number of ether oxygens (including phenoxy) is 1. The van der Waals surface area contributed by atoms with Gasteiger partial charge in [0.05, 0.1) is 21.2 Å². The maximum Gasteiger partial charge on any atom is 0.233 e. The zero-order valence-electron chi connectivity index (χ0n) is 14.8. The van der Waals surface area contributed by atoms with Crippen molar-refractivity contribution in [1.82, 2.24) is 10.2 Å². The molecule has 0 amide bonds. The Morgan fingerprint density at radius 2 is 1.61 bits per heavy atom. The lowest BCUT2D eigenvalue weighted by Crippen LogP contribution is -2.04. The second kappa shape index (κ2) is 8.29. The number of halogens is 2. The van der Waals surface area contributed by atoms with Crippen molar-refractivity contribution in [3.63, 3.8) is 0 Å². The average molecular weight is 500 g/mol. The Balaban J connectivity index is 1.44. The second-order valence-corrected chi connectivity index (χ2v) is 7.99. The number of rotatable bonds is 5. The number of phenols is 1. The van der Waals surface area contributed by atoms with Crippen molar-refractivity contribution in [2.24, 2.45) is 0 Å². The maximum absolute atomic E-state index is 9.83. The van der Waals surface area contributed by atoms with E-state index < -0.39 is 0 Å². The van der Waals surface area contributed by atoms with Crippen LogP contribution in [0.2, 0.25) is 0 Å². The zero-order valence-corrected chi connectivity index (χ0v) is 17.9. The molecule has 0 aliphatic rings. The number of aromatic nitrogens is 2. The van der Waals surface area contributed by atoms with Gasteiger partial charge in [0.25, 0.3) is 0 Å². The molecule has 1 aromatic heterocycles. The summed E-state index contributed by atoms with van der Waals surface area (Å²) in [5, 5.41) is 20.7. The van der Waals surface area contributed by atoms with E-state index in [2.05, 4.69) is 78.5 Å². The molecule has 0 spiro atoms. The Morgan fingerprint density at radius 1 is 0.857 bits per heavy atom. The highest BCUT2D eigenvalue weighted by molar-refractivity contribution is 9.11. The molecule has 0 aliphatic carbocycles. The number of hydrogen-bond donors (Lipinski definition) is 1. The van der Waals surface area contributed by atoms with Crippen LogP contribution in [0.4, 0.5) is 0 Å². The summed E-state index contributed by atoms with van der Waals surface area (Å²) in [6.45, 7) is 0.526. The minimum Gasteiger partial charge on any atom is -0.506 e. The summed E-state index contributed by atoms with van der Waals surface area (Å²) >= 11 is 6.66. The van der Waals surface area contributed by atoms with E-state index in [9.17, 15) is 5.11 Å². The Bertz CT molecular complexity index is 1100. The Labute approximate surface area is 179 Å². The molecule has 1 N–H and O–H groups in total. The molecule has 0 unspecified atom stereocenters. The van der Waals surface area contributed by atoms with E-state index in [4.69, 9.17) is 4.74 Å². The zero-order chi connectivity index (χ0) is 19.5. The van der Waals surface area contributed by atoms with Crippen molar-refractivity contribution >= 4 is 42.6 Å². The van der Waals surface area contributed by atoms with Crippen molar-refractivity contribution in [2.45, 2.75) is 6.42 Å². The SMILES string of the molecule is Oc1c(Br)cc(-c2ccc(OCCc3cccc4ccccc34)nn2)cc1Br. The van der Waals surface area contributed by atoms with Crippen molar-refractivity contribution in [3.05, 3.63) is 81.2 Å². The highest BCUT2D eigenvalue weighted by atomic mass is 79.9. The molecule has 0 atom stereocenters. The molecule has 0 saturated heterocycles. The van der Waals surface area contributed by atoms with E-state index in [0.29, 0.717) is 27.1 Å². The standard InChI is InChI=1S/C22H16Br2N2O2/c23-18-12-16(13-19(24)22(18)27)20-8-9-21(26-25-20)28-11-10-15-6-3-5-14-4-1-2-7-17(14)15/h1-9,12-13,27H,10-11H2. The molecule has 28 heavy (non-hydrogen) atoms. The number of aromatic hydroxyl groups is 1. The summed E-state index contributed by atoms with van der Waals surface area (Å²) in [5.41, 5.74) is 2.79. The van der Waals surface area contributed by atoms with E-state index in [-0.39, 0.29) is 5.75 Å². The lowest BCUT2D eigenvalue weighted by molar-refractivity contribution is 0.306. The van der Waals surface area contributed by atoms with Crippen LogP contribution < -0.4 is 4.74 Å². The summed E-state index contributed by atoms with van der Waals surface area (Å²) in [6, 6.07) is 21.9. The summed E-state index contributed by atoms with van der Waals surface area (Å²) in [4.78, 5) is 0. The third kappa shape index (κ3) is 4.03. The first-order chi connectivity index (χ1) is 13.6. The Morgan fingerprint density at radius 3 is 2.36 bits per heavy atom. The minimum absolute atomic E-state index is 0.157. The minimum atomic E-state index is 0.157. The highest BCUT2D eigenvalue weighted by Gasteiger charge is 2.09. The van der Waals surface area contributed by atoms with Crippen LogP contribution >= 0.6 is 31.9 Å². The predicted molar refractivity (Wildman–Crippen MR) is 118 cm³/mol. The molecule has 140 valence electrons. The first-order valence-electron chi connectivity index (χ1n) is 8.73. The van der Waals surface area contributed by atoms with Crippen LogP contribution in [0, 0.1) is 0 Å². The van der Waals surface area contributed by atoms with Gasteiger partial charge in [-0.1, -0.05) is 42.5 Å². The van der Waals surface area contributed by atoms with Gasteiger partial charge in [0.2, 0.25) is 5.88 Å². The second-order valence-electron chi connectivity index (χ2n) is 6.28. The third-order valence-corrected chi connectivity index (χ3v) is 5.66. The van der Waals surface area contributed by atoms with Crippen LogP contribution in [0.5, 0.6) is 11.6 Å². The van der Waals surface area contributed by atoms with Gasteiger partial charge in [0.1, 0.15) is 5.75 Å². The highest BCUT2D eigenvalue weighted by Crippen LogP contribution is 2.36. The molecular weight excluding hydrogens is 484 g/mol. The quantitative estimate of drug-likeness (QED) is 0.358. The molecule has 0 bridgehead atoms. The molecule has 0 fully saturated rings. The Hall–Kier alpha value is -2.44. The fraction of sp³-hybridized carbons (Fsp3) is 0.0909.